The van der Waals surface area contributed by atoms with Crippen molar-refractivity contribution in [3.63, 3.8) is 0 Å². The minimum atomic E-state index is -0.0507. The molecule has 1 aliphatic rings. The van der Waals surface area contributed by atoms with Crippen molar-refractivity contribution in [2.45, 2.75) is 18.7 Å². The van der Waals surface area contributed by atoms with Crippen molar-refractivity contribution < 1.29 is 4.74 Å². The Labute approximate surface area is 146 Å². The minimum absolute atomic E-state index is 0.0507. The third-order valence-corrected chi connectivity index (χ3v) is 4.30. The van der Waals surface area contributed by atoms with Crippen molar-refractivity contribution in [2.75, 3.05) is 58.3 Å². The predicted molar refractivity (Wildman–Crippen MR) is 107 cm³/mol. The normalized spacial score (nSPS) is 15.8. The standard InChI is InChI=1S/C14H26N4OP2.C2H6/c1-15-10-14(20,21)11-19-12-3-4-13(16-9-12)18-7-5-17(2)6-8-18;1-2/h3-4,9,15H,5-8,10-11,20-21H2,1-2H3;1-2H3. The zero-order valence-electron chi connectivity index (χ0n) is 14.9. The van der Waals surface area contributed by atoms with Gasteiger partial charge in [0.1, 0.15) is 18.2 Å². The topological polar surface area (TPSA) is 40.6 Å². The smallest absolute Gasteiger partial charge is 0.137 e. The molecular weight excluding hydrogens is 326 g/mol. The number of hydrogen-bond acceptors (Lipinski definition) is 5. The molecule has 132 valence electrons. The summed E-state index contributed by atoms with van der Waals surface area (Å²) in [5, 5.41) is 3.15. The first-order chi connectivity index (χ1) is 11.0. The number of nitrogens with one attached hydrogen (secondary N) is 1. The number of ether oxygens (including phenoxy) is 1. The molecule has 2 heterocycles. The van der Waals surface area contributed by atoms with Crippen LogP contribution in [-0.2, 0) is 0 Å². The molecular formula is C16H32N4OP2. The molecule has 0 aromatic carbocycles. The van der Waals surface area contributed by atoms with Gasteiger partial charge in [-0.05, 0) is 26.2 Å². The van der Waals surface area contributed by atoms with Gasteiger partial charge in [0.2, 0.25) is 0 Å². The van der Waals surface area contributed by atoms with Crippen LogP contribution in [0.3, 0.4) is 0 Å². The number of anilines is 1. The molecule has 1 N–H and O–H groups in total. The Morgan fingerprint density at radius 1 is 1.22 bits per heavy atom. The first kappa shape index (κ1) is 20.6. The van der Waals surface area contributed by atoms with E-state index >= 15 is 0 Å². The van der Waals surface area contributed by atoms with Crippen molar-refractivity contribution in [1.82, 2.24) is 15.2 Å². The maximum Gasteiger partial charge on any atom is 0.137 e. The van der Waals surface area contributed by atoms with E-state index in [4.69, 9.17) is 4.74 Å². The monoisotopic (exact) mass is 358 g/mol. The number of pyridine rings is 1. The largest absolute Gasteiger partial charge is 0.491 e. The highest BCUT2D eigenvalue weighted by Crippen LogP contribution is 2.27. The molecule has 1 aliphatic heterocycles. The van der Waals surface area contributed by atoms with Crippen LogP contribution in [0.15, 0.2) is 18.3 Å². The molecule has 1 saturated heterocycles. The van der Waals surface area contributed by atoms with Gasteiger partial charge in [0.05, 0.1) is 6.20 Å². The molecule has 2 unspecified atom stereocenters. The van der Waals surface area contributed by atoms with Gasteiger partial charge >= 0.3 is 0 Å². The molecule has 0 saturated carbocycles. The number of nitrogens with zero attached hydrogens (tertiary/aromatic N) is 3. The average Bonchev–Trinajstić information content (AvgIpc) is 2.56. The Morgan fingerprint density at radius 3 is 2.39 bits per heavy atom. The van der Waals surface area contributed by atoms with Crippen LogP contribution in [0.1, 0.15) is 13.8 Å². The summed E-state index contributed by atoms with van der Waals surface area (Å²) in [7, 11) is 9.71. The van der Waals surface area contributed by atoms with Gasteiger partial charge in [0, 0.05) is 37.6 Å². The van der Waals surface area contributed by atoms with Crippen LogP contribution in [0.4, 0.5) is 5.82 Å². The van der Waals surface area contributed by atoms with E-state index in [1.807, 2.05) is 39.2 Å². The third-order valence-electron chi connectivity index (χ3n) is 3.56. The highest BCUT2D eigenvalue weighted by molar-refractivity contribution is 7.40. The number of rotatable bonds is 6. The van der Waals surface area contributed by atoms with Gasteiger partial charge in [-0.2, -0.15) is 0 Å². The Hall–Kier alpha value is -0.470. The van der Waals surface area contributed by atoms with Crippen molar-refractivity contribution in [1.29, 1.82) is 0 Å². The average molecular weight is 358 g/mol. The summed E-state index contributed by atoms with van der Waals surface area (Å²) in [5.41, 5.74) is 0. The molecule has 2 atom stereocenters. The van der Waals surface area contributed by atoms with Crippen LogP contribution >= 0.6 is 18.5 Å². The Bertz CT molecular complexity index is 434. The number of piperazine rings is 1. The van der Waals surface area contributed by atoms with E-state index in [0.717, 1.165) is 44.3 Å². The number of likely N-dealkylation sites (N-methyl/N-ethyl adjacent to an activating group) is 1. The molecule has 5 nitrogen and oxygen atoms in total. The summed E-state index contributed by atoms with van der Waals surface area (Å²) in [4.78, 5) is 9.14. The fourth-order valence-electron chi connectivity index (χ4n) is 2.28. The van der Waals surface area contributed by atoms with E-state index in [1.54, 1.807) is 0 Å². The zero-order chi connectivity index (χ0) is 17.3. The number of hydrogen-bond donors (Lipinski definition) is 1. The van der Waals surface area contributed by atoms with Gasteiger partial charge in [-0.15, -0.1) is 18.5 Å². The van der Waals surface area contributed by atoms with E-state index in [0.29, 0.717) is 6.61 Å². The Balaban J connectivity index is 0.00000127. The first-order valence-electron chi connectivity index (χ1n) is 8.25. The van der Waals surface area contributed by atoms with E-state index in [1.165, 1.54) is 0 Å². The molecule has 0 aliphatic carbocycles. The van der Waals surface area contributed by atoms with E-state index in [9.17, 15) is 0 Å². The molecule has 0 spiro atoms. The van der Waals surface area contributed by atoms with E-state index in [-0.39, 0.29) is 4.90 Å². The fraction of sp³-hybridized carbons (Fsp3) is 0.688. The van der Waals surface area contributed by atoms with Gasteiger partial charge < -0.3 is 19.9 Å². The summed E-state index contributed by atoms with van der Waals surface area (Å²) in [6.45, 7) is 9.71. The van der Waals surface area contributed by atoms with Crippen molar-refractivity contribution >= 4 is 24.3 Å². The summed E-state index contributed by atoms with van der Waals surface area (Å²) in [6.07, 6.45) is 1.82. The van der Waals surface area contributed by atoms with Crippen molar-refractivity contribution in [2.24, 2.45) is 0 Å². The van der Waals surface area contributed by atoms with Crippen LogP contribution in [0, 0.1) is 0 Å². The van der Waals surface area contributed by atoms with Crippen molar-refractivity contribution in [3.8, 4) is 5.75 Å². The van der Waals surface area contributed by atoms with Crippen LogP contribution in [-0.4, -0.2) is 68.2 Å². The number of aromatic nitrogens is 1. The summed E-state index contributed by atoms with van der Waals surface area (Å²) in [6, 6.07) is 4.05. The van der Waals surface area contributed by atoms with E-state index in [2.05, 4.69) is 45.6 Å². The van der Waals surface area contributed by atoms with Gasteiger partial charge in [-0.1, -0.05) is 13.8 Å². The van der Waals surface area contributed by atoms with Gasteiger partial charge in [0.25, 0.3) is 0 Å². The molecule has 0 bridgehead atoms. The summed E-state index contributed by atoms with van der Waals surface area (Å²) >= 11 is 0. The quantitative estimate of drug-likeness (QED) is 0.787. The lowest BCUT2D eigenvalue weighted by Crippen LogP contribution is -2.44. The van der Waals surface area contributed by atoms with Gasteiger partial charge in [-0.3, -0.25) is 0 Å². The van der Waals surface area contributed by atoms with Crippen LogP contribution in [0.2, 0.25) is 0 Å². The van der Waals surface area contributed by atoms with Gasteiger partial charge in [0.15, 0.2) is 0 Å². The molecule has 2 rings (SSSR count). The predicted octanol–water partition coefficient (Wildman–Crippen LogP) is 1.90. The third kappa shape index (κ3) is 7.30. The molecule has 1 aromatic rings. The van der Waals surface area contributed by atoms with Crippen LogP contribution in [0.5, 0.6) is 5.75 Å². The highest BCUT2D eigenvalue weighted by atomic mass is 31.1. The second kappa shape index (κ2) is 10.4. The lowest BCUT2D eigenvalue weighted by atomic mass is 10.3. The molecule has 23 heavy (non-hydrogen) atoms. The second-order valence-corrected chi connectivity index (χ2v) is 8.66. The molecule has 0 amide bonds. The SMILES string of the molecule is CC.CNCC(P)(P)COc1ccc(N2CCN(C)CC2)nc1. The zero-order valence-corrected chi connectivity index (χ0v) is 17.2. The van der Waals surface area contributed by atoms with Crippen LogP contribution in [0.25, 0.3) is 0 Å². The highest BCUT2D eigenvalue weighted by Gasteiger charge is 2.19. The summed E-state index contributed by atoms with van der Waals surface area (Å²) < 4.78 is 5.81. The molecule has 1 fully saturated rings. The second-order valence-electron chi connectivity index (χ2n) is 5.69. The molecule has 0 radical (unpaired) electrons. The molecule has 7 heteroatoms. The summed E-state index contributed by atoms with van der Waals surface area (Å²) in [5.74, 6) is 1.85. The van der Waals surface area contributed by atoms with Crippen molar-refractivity contribution in [3.05, 3.63) is 18.3 Å². The lowest BCUT2D eigenvalue weighted by Gasteiger charge is -2.33. The fourth-order valence-corrected chi connectivity index (χ4v) is 2.85. The maximum absolute atomic E-state index is 5.81. The maximum atomic E-state index is 5.81. The van der Waals surface area contributed by atoms with Gasteiger partial charge in [-0.25, -0.2) is 4.98 Å². The molecule has 1 aromatic heterocycles. The lowest BCUT2D eigenvalue weighted by molar-refractivity contribution is 0.302. The van der Waals surface area contributed by atoms with Crippen LogP contribution < -0.4 is 15.0 Å². The van der Waals surface area contributed by atoms with E-state index < -0.39 is 0 Å². The first-order valence-corrected chi connectivity index (χ1v) is 9.40. The Morgan fingerprint density at radius 2 is 1.87 bits per heavy atom. The minimum Gasteiger partial charge on any atom is -0.491 e. The Kier molecular flexibility index (Phi) is 9.31.